The molecule has 0 N–H and O–H groups in total. The average Bonchev–Trinajstić information content (AvgIpc) is 3.02. The van der Waals surface area contributed by atoms with Crippen molar-refractivity contribution in [2.75, 3.05) is 0 Å². The van der Waals surface area contributed by atoms with Gasteiger partial charge in [-0.3, -0.25) is 4.40 Å². The van der Waals surface area contributed by atoms with Crippen LogP contribution in [0.4, 0.5) is 0 Å². The predicted octanol–water partition coefficient (Wildman–Crippen LogP) is 3.06. The Bertz CT molecular complexity index is 1040. The molecule has 0 bridgehead atoms. The van der Waals surface area contributed by atoms with E-state index in [0.717, 1.165) is 16.9 Å². The van der Waals surface area contributed by atoms with Crippen molar-refractivity contribution in [3.63, 3.8) is 0 Å². The molecule has 4 rings (SSSR count). The average molecular weight is 313 g/mol. The summed E-state index contributed by atoms with van der Waals surface area (Å²) in [7, 11) is 0. The van der Waals surface area contributed by atoms with Gasteiger partial charge in [-0.25, -0.2) is 0 Å². The summed E-state index contributed by atoms with van der Waals surface area (Å²) in [6.07, 6.45) is 3.66. The van der Waals surface area contributed by atoms with Gasteiger partial charge in [-0.2, -0.15) is 9.78 Å². The Balaban J connectivity index is 1.87. The van der Waals surface area contributed by atoms with Crippen LogP contribution in [0.5, 0.6) is 0 Å². The maximum absolute atomic E-state index is 4.62. The van der Waals surface area contributed by atoms with Gasteiger partial charge in [0.1, 0.15) is 0 Å². The monoisotopic (exact) mass is 313 g/mol. The largest absolute Gasteiger partial charge is 0.267 e. The lowest BCUT2D eigenvalue weighted by atomic mass is 10.2. The van der Waals surface area contributed by atoms with E-state index < -0.39 is 0 Å². The van der Waals surface area contributed by atoms with Crippen molar-refractivity contribution in [3.8, 4) is 5.69 Å². The van der Waals surface area contributed by atoms with Crippen LogP contribution in [-0.4, -0.2) is 20.4 Å². The second-order valence-electron chi connectivity index (χ2n) is 5.23. The highest BCUT2D eigenvalue weighted by molar-refractivity contribution is 5.79. The molecule has 0 saturated carbocycles. The summed E-state index contributed by atoms with van der Waals surface area (Å²) in [5.74, 6) is 0. The summed E-state index contributed by atoms with van der Waals surface area (Å²) < 4.78 is 3.70. The molecule has 0 aliphatic rings. The third-order valence-electron chi connectivity index (χ3n) is 3.60. The predicted molar refractivity (Wildman–Crippen MR) is 94.1 cm³/mol. The smallest absolute Gasteiger partial charge is 0.256 e. The molecule has 5 heteroatoms. The van der Waals surface area contributed by atoms with E-state index in [9.17, 15) is 0 Å². The molecular weight excluding hydrogens is 298 g/mol. The molecule has 0 atom stereocenters. The number of benzene rings is 2. The Morgan fingerprint density at radius 2 is 1.50 bits per heavy atom. The fourth-order valence-electron chi connectivity index (χ4n) is 2.45. The maximum Gasteiger partial charge on any atom is 0.256 e. The summed E-state index contributed by atoms with van der Waals surface area (Å²) in [6.45, 7) is 0. The molecule has 2 heterocycles. The highest BCUT2D eigenvalue weighted by Gasteiger charge is 2.06. The molecule has 116 valence electrons. The van der Waals surface area contributed by atoms with Crippen LogP contribution in [0.15, 0.2) is 95.3 Å². The molecule has 5 nitrogen and oxygen atoms in total. The zero-order valence-electron chi connectivity index (χ0n) is 12.9. The van der Waals surface area contributed by atoms with Crippen molar-refractivity contribution in [1.29, 1.82) is 0 Å². The molecule has 0 amide bonds. The van der Waals surface area contributed by atoms with Crippen molar-refractivity contribution in [3.05, 3.63) is 96.2 Å². The quantitative estimate of drug-likeness (QED) is 0.423. The number of aromatic nitrogens is 3. The van der Waals surface area contributed by atoms with Crippen LogP contribution in [0.1, 0.15) is 5.56 Å². The molecule has 0 unspecified atom stereocenters. The molecule has 0 radical (unpaired) electrons. The van der Waals surface area contributed by atoms with Gasteiger partial charge in [0.25, 0.3) is 5.62 Å². The number of pyridine rings is 1. The van der Waals surface area contributed by atoms with Gasteiger partial charge in [0.2, 0.25) is 0 Å². The second kappa shape index (κ2) is 6.34. The molecule has 2 aromatic carbocycles. The molecule has 0 aliphatic heterocycles. The normalized spacial score (nSPS) is 12.2. The van der Waals surface area contributed by atoms with Gasteiger partial charge in [0.15, 0.2) is 5.65 Å². The van der Waals surface area contributed by atoms with Crippen LogP contribution in [0.3, 0.4) is 0 Å². The number of hydrogen-bond donors (Lipinski definition) is 0. The van der Waals surface area contributed by atoms with Gasteiger partial charge < -0.3 is 0 Å². The van der Waals surface area contributed by atoms with Gasteiger partial charge in [-0.05, 0) is 29.8 Å². The standard InChI is InChI=1S/C19H15N5/c1-3-9-16(10-4-1)15-20-21-19-23-14-8-7-13-18(23)22-24(19)17-11-5-2-6-12-17/h1-15H/b20-15+,21-19+. The van der Waals surface area contributed by atoms with Crippen LogP contribution in [0.25, 0.3) is 11.3 Å². The maximum atomic E-state index is 4.62. The summed E-state index contributed by atoms with van der Waals surface area (Å²) >= 11 is 0. The molecule has 2 aromatic heterocycles. The zero-order valence-corrected chi connectivity index (χ0v) is 12.9. The Labute approximate surface area is 138 Å². The van der Waals surface area contributed by atoms with E-state index in [4.69, 9.17) is 0 Å². The van der Waals surface area contributed by atoms with Crippen molar-refractivity contribution < 1.29 is 0 Å². The van der Waals surface area contributed by atoms with E-state index in [1.165, 1.54) is 0 Å². The summed E-state index contributed by atoms with van der Waals surface area (Å²) in [5, 5.41) is 13.3. The first-order chi connectivity index (χ1) is 11.9. The second-order valence-corrected chi connectivity index (χ2v) is 5.23. The number of para-hydroxylation sites is 1. The van der Waals surface area contributed by atoms with Crippen molar-refractivity contribution in [1.82, 2.24) is 14.2 Å². The highest BCUT2D eigenvalue weighted by atomic mass is 15.4. The number of nitrogens with zero attached hydrogens (tertiary/aromatic N) is 5. The van der Waals surface area contributed by atoms with E-state index in [2.05, 4.69) is 15.3 Å². The first kappa shape index (κ1) is 14.1. The van der Waals surface area contributed by atoms with E-state index in [0.29, 0.717) is 5.62 Å². The summed E-state index contributed by atoms with van der Waals surface area (Å²) in [4.78, 5) is 0. The number of fused-ring (bicyclic) bond motifs is 1. The minimum Gasteiger partial charge on any atom is -0.267 e. The van der Waals surface area contributed by atoms with Crippen LogP contribution >= 0.6 is 0 Å². The minimum atomic E-state index is 0.643. The van der Waals surface area contributed by atoms with Crippen molar-refractivity contribution >= 4 is 11.9 Å². The van der Waals surface area contributed by atoms with Gasteiger partial charge in [-0.15, -0.1) is 10.2 Å². The third kappa shape index (κ3) is 2.75. The van der Waals surface area contributed by atoms with Crippen LogP contribution in [0, 0.1) is 0 Å². The molecule has 4 aromatic rings. The van der Waals surface area contributed by atoms with Gasteiger partial charge in [0.05, 0.1) is 11.9 Å². The van der Waals surface area contributed by atoms with Gasteiger partial charge >= 0.3 is 0 Å². The van der Waals surface area contributed by atoms with Crippen molar-refractivity contribution in [2.24, 2.45) is 10.2 Å². The first-order valence-corrected chi connectivity index (χ1v) is 7.66. The molecule has 0 aliphatic carbocycles. The van der Waals surface area contributed by atoms with Gasteiger partial charge in [-0.1, -0.05) is 54.6 Å². The fourth-order valence-corrected chi connectivity index (χ4v) is 2.45. The molecule has 24 heavy (non-hydrogen) atoms. The third-order valence-corrected chi connectivity index (χ3v) is 3.60. The topological polar surface area (TPSA) is 47.0 Å². The lowest BCUT2D eigenvalue weighted by molar-refractivity contribution is 0.791. The van der Waals surface area contributed by atoms with Gasteiger partial charge in [0, 0.05) is 6.20 Å². The van der Waals surface area contributed by atoms with E-state index in [-0.39, 0.29) is 0 Å². The van der Waals surface area contributed by atoms with E-state index in [1.54, 1.807) is 10.9 Å². The van der Waals surface area contributed by atoms with E-state index >= 15 is 0 Å². The number of rotatable bonds is 3. The Morgan fingerprint density at radius 3 is 2.29 bits per heavy atom. The lowest BCUT2D eigenvalue weighted by Gasteiger charge is -1.98. The van der Waals surface area contributed by atoms with Crippen LogP contribution < -0.4 is 5.62 Å². The Kier molecular flexibility index (Phi) is 3.73. The number of hydrogen-bond acceptors (Lipinski definition) is 3. The van der Waals surface area contributed by atoms with Crippen LogP contribution in [0.2, 0.25) is 0 Å². The summed E-state index contributed by atoms with van der Waals surface area (Å²) in [5.41, 5.74) is 3.40. The zero-order chi connectivity index (χ0) is 16.2. The first-order valence-electron chi connectivity index (χ1n) is 7.66. The molecule has 0 fully saturated rings. The summed E-state index contributed by atoms with van der Waals surface area (Å²) in [6, 6.07) is 25.6. The highest BCUT2D eigenvalue weighted by Crippen LogP contribution is 2.04. The Hall–Kier alpha value is -3.47. The molecular formula is C19H15N5. The Morgan fingerprint density at radius 1 is 0.792 bits per heavy atom. The molecule has 0 spiro atoms. The SMILES string of the molecule is C(=N\N=c1\n(-c2ccccc2)nc2ccccn12)/c1ccccc1. The lowest BCUT2D eigenvalue weighted by Crippen LogP contribution is -2.21. The fraction of sp³-hybridized carbons (Fsp3) is 0. The molecule has 0 saturated heterocycles. The van der Waals surface area contributed by atoms with E-state index in [1.807, 2.05) is 89.5 Å². The van der Waals surface area contributed by atoms with Crippen molar-refractivity contribution in [2.45, 2.75) is 0 Å². The van der Waals surface area contributed by atoms with Crippen LogP contribution in [-0.2, 0) is 0 Å². The minimum absolute atomic E-state index is 0.643.